The van der Waals surface area contributed by atoms with E-state index in [-0.39, 0.29) is 12.2 Å². The fourth-order valence-electron chi connectivity index (χ4n) is 1.85. The zero-order chi connectivity index (χ0) is 12.0. The predicted molar refractivity (Wildman–Crippen MR) is 55.0 cm³/mol. The number of hydrogen-bond donors (Lipinski definition) is 1. The molecule has 1 aromatic rings. The molecule has 1 saturated heterocycles. The van der Waals surface area contributed by atoms with E-state index in [0.29, 0.717) is 0 Å². The second kappa shape index (κ2) is 3.25. The maximum absolute atomic E-state index is 14.1. The van der Waals surface area contributed by atoms with E-state index in [1.807, 2.05) is 0 Å². The van der Waals surface area contributed by atoms with Crippen molar-refractivity contribution in [3.05, 3.63) is 35.9 Å². The molecule has 1 unspecified atom stereocenters. The zero-order valence-electron chi connectivity index (χ0n) is 9.21. The molecule has 88 valence electrons. The van der Waals surface area contributed by atoms with Crippen LogP contribution < -0.4 is 0 Å². The van der Waals surface area contributed by atoms with Gasteiger partial charge in [0.05, 0.1) is 12.0 Å². The van der Waals surface area contributed by atoms with Crippen molar-refractivity contribution in [2.75, 3.05) is 6.61 Å². The summed E-state index contributed by atoms with van der Waals surface area (Å²) in [6.07, 6.45) is 0. The SMILES string of the molecule is CC1(C)COC(O)(c2ccccc2)C1(F)F. The van der Waals surface area contributed by atoms with E-state index in [0.717, 1.165) is 0 Å². The maximum Gasteiger partial charge on any atom is 0.312 e. The Labute approximate surface area is 92.9 Å². The smallest absolute Gasteiger partial charge is 0.312 e. The van der Waals surface area contributed by atoms with Crippen molar-refractivity contribution in [2.24, 2.45) is 5.41 Å². The summed E-state index contributed by atoms with van der Waals surface area (Å²) in [5.41, 5.74) is -1.29. The largest absolute Gasteiger partial charge is 0.357 e. The highest BCUT2D eigenvalue weighted by atomic mass is 19.3. The summed E-state index contributed by atoms with van der Waals surface area (Å²) < 4.78 is 33.1. The minimum absolute atomic E-state index is 0.0885. The molecule has 1 atom stereocenters. The number of rotatable bonds is 1. The van der Waals surface area contributed by atoms with Crippen LogP contribution in [0.1, 0.15) is 19.4 Å². The van der Waals surface area contributed by atoms with E-state index >= 15 is 0 Å². The van der Waals surface area contributed by atoms with E-state index in [2.05, 4.69) is 0 Å². The van der Waals surface area contributed by atoms with E-state index in [9.17, 15) is 13.9 Å². The number of hydrogen-bond acceptors (Lipinski definition) is 2. The van der Waals surface area contributed by atoms with Crippen molar-refractivity contribution in [3.8, 4) is 0 Å². The Balaban J connectivity index is 2.49. The fraction of sp³-hybridized carbons (Fsp3) is 0.500. The van der Waals surface area contributed by atoms with Crippen molar-refractivity contribution in [2.45, 2.75) is 25.6 Å². The van der Waals surface area contributed by atoms with Crippen LogP contribution in [-0.2, 0) is 10.5 Å². The van der Waals surface area contributed by atoms with Gasteiger partial charge in [0.25, 0.3) is 5.79 Å². The van der Waals surface area contributed by atoms with Crippen LogP contribution in [0.5, 0.6) is 0 Å². The zero-order valence-corrected chi connectivity index (χ0v) is 9.21. The molecule has 0 saturated carbocycles. The first-order chi connectivity index (χ1) is 7.31. The van der Waals surface area contributed by atoms with Gasteiger partial charge in [0, 0.05) is 5.56 Å². The van der Waals surface area contributed by atoms with Gasteiger partial charge in [0.1, 0.15) is 0 Å². The van der Waals surface area contributed by atoms with Gasteiger partial charge >= 0.3 is 5.92 Å². The Morgan fingerprint density at radius 3 is 2.19 bits per heavy atom. The molecule has 4 heteroatoms. The first-order valence-corrected chi connectivity index (χ1v) is 5.11. The molecule has 1 fully saturated rings. The summed E-state index contributed by atoms with van der Waals surface area (Å²) in [5.74, 6) is -5.83. The predicted octanol–water partition coefficient (Wildman–Crippen LogP) is 2.52. The number of aliphatic hydroxyl groups is 1. The summed E-state index contributed by atoms with van der Waals surface area (Å²) in [4.78, 5) is 0. The van der Waals surface area contributed by atoms with Crippen molar-refractivity contribution < 1.29 is 18.6 Å². The highest BCUT2D eigenvalue weighted by Gasteiger charge is 2.69. The molecule has 2 nitrogen and oxygen atoms in total. The summed E-state index contributed by atoms with van der Waals surface area (Å²) in [5, 5.41) is 10.1. The number of ether oxygens (including phenoxy) is 1. The van der Waals surface area contributed by atoms with Gasteiger partial charge in [-0.15, -0.1) is 0 Å². The Morgan fingerprint density at radius 1 is 1.19 bits per heavy atom. The molecule has 0 spiro atoms. The third-order valence-electron chi connectivity index (χ3n) is 3.08. The van der Waals surface area contributed by atoms with Crippen LogP contribution in [-0.4, -0.2) is 17.6 Å². The third kappa shape index (κ3) is 1.30. The molecule has 1 aromatic carbocycles. The van der Waals surface area contributed by atoms with Gasteiger partial charge in [-0.3, -0.25) is 0 Å². The van der Waals surface area contributed by atoms with Gasteiger partial charge in [0.15, 0.2) is 0 Å². The van der Waals surface area contributed by atoms with Gasteiger partial charge in [-0.25, -0.2) is 0 Å². The third-order valence-corrected chi connectivity index (χ3v) is 3.08. The fourth-order valence-corrected chi connectivity index (χ4v) is 1.85. The molecule has 1 heterocycles. The van der Waals surface area contributed by atoms with Crippen LogP contribution >= 0.6 is 0 Å². The summed E-state index contributed by atoms with van der Waals surface area (Å²) in [7, 11) is 0. The van der Waals surface area contributed by atoms with Gasteiger partial charge in [-0.05, 0) is 0 Å². The molecular formula is C12H14F2O2. The normalized spacial score (nSPS) is 31.6. The molecule has 16 heavy (non-hydrogen) atoms. The molecule has 0 amide bonds. The number of halogens is 2. The first kappa shape index (κ1) is 11.5. The van der Waals surface area contributed by atoms with E-state index in [1.54, 1.807) is 18.2 Å². The van der Waals surface area contributed by atoms with Gasteiger partial charge in [-0.2, -0.15) is 8.78 Å². The Bertz CT molecular complexity index is 389. The average molecular weight is 228 g/mol. The van der Waals surface area contributed by atoms with Crippen LogP contribution in [0, 0.1) is 5.41 Å². The minimum atomic E-state index is -3.32. The Hall–Kier alpha value is -1.00. The summed E-state index contributed by atoms with van der Waals surface area (Å²) >= 11 is 0. The van der Waals surface area contributed by atoms with E-state index in [1.165, 1.54) is 26.0 Å². The average Bonchev–Trinajstić information content (AvgIpc) is 2.41. The molecular weight excluding hydrogens is 214 g/mol. The lowest BCUT2D eigenvalue weighted by Gasteiger charge is -2.33. The van der Waals surface area contributed by atoms with Crippen molar-refractivity contribution in [1.82, 2.24) is 0 Å². The number of benzene rings is 1. The highest BCUT2D eigenvalue weighted by molar-refractivity contribution is 5.25. The summed E-state index contributed by atoms with van der Waals surface area (Å²) in [6, 6.07) is 7.77. The quantitative estimate of drug-likeness (QED) is 0.800. The lowest BCUT2D eigenvalue weighted by molar-refractivity contribution is -0.292. The van der Waals surface area contributed by atoms with Crippen LogP contribution in [0.3, 0.4) is 0 Å². The molecule has 1 N–H and O–H groups in total. The van der Waals surface area contributed by atoms with Crippen molar-refractivity contribution in [1.29, 1.82) is 0 Å². The van der Waals surface area contributed by atoms with Crippen LogP contribution in [0.4, 0.5) is 8.78 Å². The molecule has 1 aliphatic rings. The van der Waals surface area contributed by atoms with Crippen LogP contribution in [0.15, 0.2) is 30.3 Å². The molecule has 1 aliphatic heterocycles. The van der Waals surface area contributed by atoms with Crippen LogP contribution in [0.2, 0.25) is 0 Å². The molecule has 0 radical (unpaired) electrons. The topological polar surface area (TPSA) is 29.5 Å². The molecule has 0 aromatic heterocycles. The molecule has 0 bridgehead atoms. The van der Waals surface area contributed by atoms with Crippen molar-refractivity contribution >= 4 is 0 Å². The monoisotopic (exact) mass is 228 g/mol. The minimum Gasteiger partial charge on any atom is -0.357 e. The van der Waals surface area contributed by atoms with Gasteiger partial charge < -0.3 is 9.84 Å². The van der Waals surface area contributed by atoms with E-state index in [4.69, 9.17) is 4.74 Å². The Kier molecular flexibility index (Phi) is 2.33. The number of alkyl halides is 2. The standard InChI is InChI=1S/C12H14F2O2/c1-10(2)8-16-11(15,12(10,13)14)9-6-4-3-5-7-9/h3-7,15H,8H2,1-2H3. The lowest BCUT2D eigenvalue weighted by atomic mass is 9.82. The van der Waals surface area contributed by atoms with E-state index < -0.39 is 17.1 Å². The van der Waals surface area contributed by atoms with Crippen LogP contribution in [0.25, 0.3) is 0 Å². The van der Waals surface area contributed by atoms with Gasteiger partial charge in [-0.1, -0.05) is 44.2 Å². The molecule has 2 rings (SSSR count). The Morgan fingerprint density at radius 2 is 1.75 bits per heavy atom. The molecule has 0 aliphatic carbocycles. The first-order valence-electron chi connectivity index (χ1n) is 5.11. The second-order valence-corrected chi connectivity index (χ2v) is 4.76. The highest BCUT2D eigenvalue weighted by Crippen LogP contribution is 2.55. The van der Waals surface area contributed by atoms with Gasteiger partial charge in [0.2, 0.25) is 0 Å². The summed E-state index contributed by atoms with van der Waals surface area (Å²) in [6.45, 7) is 2.59. The maximum atomic E-state index is 14.1. The van der Waals surface area contributed by atoms with Crippen molar-refractivity contribution in [3.63, 3.8) is 0 Å². The second-order valence-electron chi connectivity index (χ2n) is 4.76. The lowest BCUT2D eigenvalue weighted by Crippen LogP contribution is -2.48.